The number of carbonyl (C=O) groups excluding carboxylic acids is 2. The lowest BCUT2D eigenvalue weighted by atomic mass is 10.1. The second-order valence-electron chi connectivity index (χ2n) is 4.46. The number of benzene rings is 1. The molecule has 1 aromatic carbocycles. The lowest BCUT2D eigenvalue weighted by molar-refractivity contribution is -0.122. The van der Waals surface area contributed by atoms with Crippen LogP contribution < -0.4 is 5.73 Å². The summed E-state index contributed by atoms with van der Waals surface area (Å²) in [6.07, 6.45) is 1.67. The van der Waals surface area contributed by atoms with Gasteiger partial charge in [-0.25, -0.2) is 0 Å². The van der Waals surface area contributed by atoms with Crippen LogP contribution in [0.3, 0.4) is 0 Å². The zero-order valence-corrected chi connectivity index (χ0v) is 11.5. The second kappa shape index (κ2) is 5.63. The molecule has 0 spiro atoms. The smallest absolute Gasteiger partial charge is 0.234 e. The van der Waals surface area contributed by atoms with Crippen LogP contribution in [0, 0.1) is 0 Å². The number of amides is 1. The summed E-state index contributed by atoms with van der Waals surface area (Å²) < 4.78 is 0.876. The molecular weight excluding hydrogens is 296 g/mol. The highest BCUT2D eigenvalue weighted by molar-refractivity contribution is 9.10. The van der Waals surface area contributed by atoms with E-state index in [4.69, 9.17) is 5.73 Å². The van der Waals surface area contributed by atoms with Crippen molar-refractivity contribution >= 4 is 27.6 Å². The Morgan fingerprint density at radius 1 is 1.44 bits per heavy atom. The van der Waals surface area contributed by atoms with Gasteiger partial charge < -0.3 is 5.73 Å². The summed E-state index contributed by atoms with van der Waals surface area (Å²) in [5.74, 6) is -0.320. The Balaban J connectivity index is 2.05. The molecule has 1 heterocycles. The van der Waals surface area contributed by atoms with Gasteiger partial charge in [-0.1, -0.05) is 28.1 Å². The minimum Gasteiger partial charge on any atom is -0.368 e. The van der Waals surface area contributed by atoms with Gasteiger partial charge in [0.15, 0.2) is 5.78 Å². The zero-order valence-electron chi connectivity index (χ0n) is 9.93. The van der Waals surface area contributed by atoms with E-state index in [-0.39, 0.29) is 24.3 Å². The van der Waals surface area contributed by atoms with Crippen LogP contribution in [0.1, 0.15) is 23.2 Å². The fraction of sp³-hybridized carbons (Fsp3) is 0.385. The van der Waals surface area contributed by atoms with Gasteiger partial charge in [0, 0.05) is 10.0 Å². The van der Waals surface area contributed by atoms with Crippen molar-refractivity contribution in [2.75, 3.05) is 13.1 Å². The van der Waals surface area contributed by atoms with Crippen LogP contribution in [-0.2, 0) is 4.79 Å². The number of primary amides is 1. The van der Waals surface area contributed by atoms with Gasteiger partial charge in [-0.05, 0) is 31.5 Å². The largest absolute Gasteiger partial charge is 0.368 e. The Bertz CT molecular complexity index is 476. The maximum atomic E-state index is 12.1. The lowest BCUT2D eigenvalue weighted by Gasteiger charge is -2.20. The van der Waals surface area contributed by atoms with Crippen molar-refractivity contribution in [2.45, 2.75) is 18.9 Å². The van der Waals surface area contributed by atoms with Crippen molar-refractivity contribution in [3.8, 4) is 0 Å². The first kappa shape index (κ1) is 13.2. The SMILES string of the molecule is NC(=O)C1CCCN1CC(=O)c1cccc(Br)c1. The van der Waals surface area contributed by atoms with Crippen molar-refractivity contribution in [2.24, 2.45) is 5.73 Å². The number of hydrogen-bond acceptors (Lipinski definition) is 3. The highest BCUT2D eigenvalue weighted by atomic mass is 79.9. The summed E-state index contributed by atoms with van der Waals surface area (Å²) in [7, 11) is 0. The molecule has 4 nitrogen and oxygen atoms in total. The van der Waals surface area contributed by atoms with Crippen LogP contribution in [0.15, 0.2) is 28.7 Å². The average molecular weight is 311 g/mol. The fourth-order valence-corrected chi connectivity index (χ4v) is 2.67. The van der Waals surface area contributed by atoms with Gasteiger partial charge >= 0.3 is 0 Å². The van der Waals surface area contributed by atoms with E-state index in [2.05, 4.69) is 15.9 Å². The first-order chi connectivity index (χ1) is 8.58. The third kappa shape index (κ3) is 2.97. The van der Waals surface area contributed by atoms with Crippen molar-refractivity contribution in [3.05, 3.63) is 34.3 Å². The Morgan fingerprint density at radius 2 is 2.22 bits per heavy atom. The number of nitrogens with zero attached hydrogens (tertiary/aromatic N) is 1. The van der Waals surface area contributed by atoms with Crippen molar-refractivity contribution < 1.29 is 9.59 Å². The van der Waals surface area contributed by atoms with E-state index in [0.717, 1.165) is 23.9 Å². The zero-order chi connectivity index (χ0) is 13.1. The van der Waals surface area contributed by atoms with Gasteiger partial charge in [-0.3, -0.25) is 14.5 Å². The molecule has 5 heteroatoms. The molecule has 1 amide bonds. The number of Topliss-reactive ketones (excluding diaryl/α,β-unsaturated/α-hetero) is 1. The number of hydrogen-bond donors (Lipinski definition) is 1. The molecule has 0 aliphatic carbocycles. The maximum absolute atomic E-state index is 12.1. The quantitative estimate of drug-likeness (QED) is 0.859. The Hall–Kier alpha value is -1.20. The average Bonchev–Trinajstić information content (AvgIpc) is 2.77. The molecule has 0 bridgehead atoms. The van der Waals surface area contributed by atoms with E-state index in [1.165, 1.54) is 0 Å². The topological polar surface area (TPSA) is 63.4 Å². The molecule has 1 aliphatic rings. The van der Waals surface area contributed by atoms with Crippen LogP contribution >= 0.6 is 15.9 Å². The molecule has 96 valence electrons. The van der Waals surface area contributed by atoms with Gasteiger partial charge in [0.25, 0.3) is 0 Å². The standard InChI is InChI=1S/C13H15BrN2O2/c14-10-4-1-3-9(7-10)12(17)8-16-6-2-5-11(16)13(15)18/h1,3-4,7,11H,2,5-6,8H2,(H2,15,18). The van der Waals surface area contributed by atoms with E-state index in [1.807, 2.05) is 17.0 Å². The molecule has 0 radical (unpaired) electrons. The number of likely N-dealkylation sites (tertiary alicyclic amines) is 1. The monoisotopic (exact) mass is 310 g/mol. The van der Waals surface area contributed by atoms with Crippen LogP contribution in [0.4, 0.5) is 0 Å². The van der Waals surface area contributed by atoms with E-state index in [9.17, 15) is 9.59 Å². The highest BCUT2D eigenvalue weighted by Gasteiger charge is 2.30. The number of halogens is 1. The van der Waals surface area contributed by atoms with E-state index < -0.39 is 0 Å². The first-order valence-electron chi connectivity index (χ1n) is 5.90. The van der Waals surface area contributed by atoms with E-state index >= 15 is 0 Å². The van der Waals surface area contributed by atoms with Gasteiger partial charge in [0.05, 0.1) is 12.6 Å². The third-order valence-electron chi connectivity index (χ3n) is 3.19. The number of nitrogens with two attached hydrogens (primary N) is 1. The Morgan fingerprint density at radius 3 is 2.89 bits per heavy atom. The molecule has 1 aliphatic heterocycles. The molecule has 2 rings (SSSR count). The molecule has 1 fully saturated rings. The minimum atomic E-state index is -0.338. The molecule has 2 N–H and O–H groups in total. The summed E-state index contributed by atoms with van der Waals surface area (Å²) in [5, 5.41) is 0. The van der Waals surface area contributed by atoms with Gasteiger partial charge in [-0.2, -0.15) is 0 Å². The number of carbonyl (C=O) groups is 2. The van der Waals surface area contributed by atoms with Crippen molar-refractivity contribution in [1.82, 2.24) is 4.90 Å². The van der Waals surface area contributed by atoms with E-state index in [1.54, 1.807) is 12.1 Å². The molecule has 0 aromatic heterocycles. The second-order valence-corrected chi connectivity index (χ2v) is 5.38. The molecule has 1 atom stereocenters. The molecule has 1 saturated heterocycles. The summed E-state index contributed by atoms with van der Waals surface area (Å²) in [4.78, 5) is 25.2. The lowest BCUT2D eigenvalue weighted by Crippen LogP contribution is -2.42. The molecule has 0 saturated carbocycles. The first-order valence-corrected chi connectivity index (χ1v) is 6.69. The summed E-state index contributed by atoms with van der Waals surface area (Å²) >= 11 is 3.34. The number of ketones is 1. The summed E-state index contributed by atoms with van der Waals surface area (Å²) in [6.45, 7) is 1.01. The summed E-state index contributed by atoms with van der Waals surface area (Å²) in [5.41, 5.74) is 5.98. The van der Waals surface area contributed by atoms with Crippen molar-refractivity contribution in [3.63, 3.8) is 0 Å². The van der Waals surface area contributed by atoms with Gasteiger partial charge in [0.2, 0.25) is 5.91 Å². The fourth-order valence-electron chi connectivity index (χ4n) is 2.28. The predicted molar refractivity (Wildman–Crippen MR) is 72.3 cm³/mol. The maximum Gasteiger partial charge on any atom is 0.234 e. The molecule has 18 heavy (non-hydrogen) atoms. The molecule has 1 unspecified atom stereocenters. The predicted octanol–water partition coefficient (Wildman–Crippen LogP) is 1.58. The van der Waals surface area contributed by atoms with Crippen LogP contribution in [0.5, 0.6) is 0 Å². The minimum absolute atomic E-state index is 0.0180. The third-order valence-corrected chi connectivity index (χ3v) is 3.68. The van der Waals surface area contributed by atoms with Crippen LogP contribution in [0.25, 0.3) is 0 Å². The Labute approximate surface area is 114 Å². The molecule has 1 aromatic rings. The van der Waals surface area contributed by atoms with Gasteiger partial charge in [0.1, 0.15) is 0 Å². The van der Waals surface area contributed by atoms with Crippen LogP contribution in [0.2, 0.25) is 0 Å². The molecular formula is C13H15BrN2O2. The van der Waals surface area contributed by atoms with Crippen LogP contribution in [-0.4, -0.2) is 35.7 Å². The number of rotatable bonds is 4. The normalized spacial score (nSPS) is 19.9. The van der Waals surface area contributed by atoms with E-state index in [0.29, 0.717) is 5.56 Å². The van der Waals surface area contributed by atoms with Gasteiger partial charge in [-0.15, -0.1) is 0 Å². The van der Waals surface area contributed by atoms with Crippen molar-refractivity contribution in [1.29, 1.82) is 0 Å². The summed E-state index contributed by atoms with van der Waals surface area (Å²) in [6, 6.07) is 6.98. The Kier molecular flexibility index (Phi) is 4.14. The highest BCUT2D eigenvalue weighted by Crippen LogP contribution is 2.18.